The van der Waals surface area contributed by atoms with Gasteiger partial charge in [-0.2, -0.15) is 5.10 Å². The Labute approximate surface area is 220 Å². The molecule has 0 saturated carbocycles. The number of methoxy groups -OCH3 is 2. The lowest BCUT2D eigenvalue weighted by atomic mass is 9.96. The summed E-state index contributed by atoms with van der Waals surface area (Å²) in [4.78, 5) is 18.4. The zero-order valence-corrected chi connectivity index (χ0v) is 22.2. The molecule has 0 radical (unpaired) electrons. The van der Waals surface area contributed by atoms with Crippen LogP contribution in [0.3, 0.4) is 0 Å². The third-order valence-electron chi connectivity index (χ3n) is 5.95. The fourth-order valence-electron chi connectivity index (χ4n) is 4.24. The summed E-state index contributed by atoms with van der Waals surface area (Å²) >= 11 is 6.53. The molecule has 194 valence electrons. The van der Waals surface area contributed by atoms with Crippen LogP contribution in [-0.4, -0.2) is 52.9 Å². The highest BCUT2D eigenvalue weighted by Gasteiger charge is 2.32. The lowest BCUT2D eigenvalue weighted by molar-refractivity contribution is -0.127. The van der Waals surface area contributed by atoms with E-state index < -0.39 is 17.1 Å². The van der Waals surface area contributed by atoms with Crippen molar-refractivity contribution in [1.29, 1.82) is 0 Å². The second-order valence-corrected chi connectivity index (χ2v) is 10.3. The highest BCUT2D eigenvalue weighted by Crippen LogP contribution is 2.34. The van der Waals surface area contributed by atoms with Gasteiger partial charge >= 0.3 is 0 Å². The standard InChI is InChI=1S/C27H29ClFN5O3/c1-27(2,3)13-21(29)26(35)33-9-8-17(15-33)34-24-20(28)14-31-25(30)23(24)22(32-34)7-6-16-10-18(36-4)12-19(11-16)37-5/h10-14,17H,8-9,15H2,1-5H3,(H2,30,31)/b21-13-. The number of hydrogen-bond acceptors (Lipinski definition) is 6. The van der Waals surface area contributed by atoms with E-state index >= 15 is 0 Å². The van der Waals surface area contributed by atoms with Gasteiger partial charge in [0.1, 0.15) is 23.0 Å². The van der Waals surface area contributed by atoms with Crippen molar-refractivity contribution in [3.05, 3.63) is 52.6 Å². The van der Waals surface area contributed by atoms with E-state index in [0.29, 0.717) is 51.6 Å². The number of pyridine rings is 1. The van der Waals surface area contributed by atoms with Crippen LogP contribution in [0.1, 0.15) is 44.5 Å². The van der Waals surface area contributed by atoms with Gasteiger partial charge in [-0.25, -0.2) is 9.37 Å². The van der Waals surface area contributed by atoms with Gasteiger partial charge < -0.3 is 20.1 Å². The Hall–Kier alpha value is -3.77. The van der Waals surface area contributed by atoms with Gasteiger partial charge in [-0.15, -0.1) is 0 Å². The summed E-state index contributed by atoms with van der Waals surface area (Å²) in [6, 6.07) is 5.08. The minimum atomic E-state index is -0.759. The first-order chi connectivity index (χ1) is 17.5. The molecule has 3 heterocycles. The maximum Gasteiger partial charge on any atom is 0.282 e. The normalized spacial score (nSPS) is 16.0. The topological polar surface area (TPSA) is 95.5 Å². The van der Waals surface area contributed by atoms with Gasteiger partial charge in [0.05, 0.1) is 42.4 Å². The predicted molar refractivity (Wildman–Crippen MR) is 141 cm³/mol. The minimum Gasteiger partial charge on any atom is -0.497 e. The average Bonchev–Trinajstić information content (AvgIpc) is 3.49. The lowest BCUT2D eigenvalue weighted by Gasteiger charge is -2.18. The van der Waals surface area contributed by atoms with Crippen LogP contribution in [-0.2, 0) is 4.79 Å². The van der Waals surface area contributed by atoms with Crippen molar-refractivity contribution in [3.8, 4) is 23.3 Å². The van der Waals surface area contributed by atoms with Crippen LogP contribution in [0.25, 0.3) is 10.9 Å². The number of allylic oxidation sites excluding steroid dienone is 1. The summed E-state index contributed by atoms with van der Waals surface area (Å²) < 4.78 is 27.0. The number of amides is 1. The van der Waals surface area contributed by atoms with Crippen LogP contribution >= 0.6 is 11.6 Å². The van der Waals surface area contributed by atoms with Crippen molar-refractivity contribution in [3.63, 3.8) is 0 Å². The van der Waals surface area contributed by atoms with E-state index in [0.717, 1.165) is 0 Å². The molecule has 1 amide bonds. The van der Waals surface area contributed by atoms with Gasteiger partial charge in [0.25, 0.3) is 5.91 Å². The number of aromatic nitrogens is 3. The molecule has 0 spiro atoms. The van der Waals surface area contributed by atoms with Crippen molar-refractivity contribution >= 4 is 34.2 Å². The van der Waals surface area contributed by atoms with Gasteiger partial charge in [0.15, 0.2) is 5.83 Å². The molecule has 4 rings (SSSR count). The summed E-state index contributed by atoms with van der Waals surface area (Å²) in [7, 11) is 3.13. The molecule has 1 unspecified atom stereocenters. The second-order valence-electron chi connectivity index (χ2n) is 9.91. The Morgan fingerprint density at radius 3 is 2.51 bits per heavy atom. The Balaban J connectivity index is 1.71. The number of nitrogen functional groups attached to an aromatic ring is 1. The van der Waals surface area contributed by atoms with E-state index in [1.54, 1.807) is 37.1 Å². The molecule has 2 N–H and O–H groups in total. The Morgan fingerprint density at radius 1 is 1.22 bits per heavy atom. The third kappa shape index (κ3) is 5.65. The van der Waals surface area contributed by atoms with Crippen LogP contribution in [0, 0.1) is 17.3 Å². The summed E-state index contributed by atoms with van der Waals surface area (Å²) in [6.07, 6.45) is 3.38. The molecule has 10 heteroatoms. The zero-order chi connectivity index (χ0) is 26.9. The van der Waals surface area contributed by atoms with E-state index in [1.165, 1.54) is 17.2 Å². The molecule has 2 aromatic heterocycles. The monoisotopic (exact) mass is 525 g/mol. The molecule has 1 fully saturated rings. The van der Waals surface area contributed by atoms with Crippen molar-refractivity contribution in [2.75, 3.05) is 33.0 Å². The van der Waals surface area contributed by atoms with Gasteiger partial charge in [-0.3, -0.25) is 9.48 Å². The number of rotatable bonds is 4. The average molecular weight is 526 g/mol. The molecule has 8 nitrogen and oxygen atoms in total. The molecule has 1 aliphatic heterocycles. The van der Waals surface area contributed by atoms with E-state index in [2.05, 4.69) is 16.8 Å². The maximum absolute atomic E-state index is 14.6. The molecule has 1 atom stereocenters. The predicted octanol–water partition coefficient (Wildman–Crippen LogP) is 4.76. The van der Waals surface area contributed by atoms with Crippen molar-refractivity contribution in [1.82, 2.24) is 19.7 Å². The first kappa shape index (κ1) is 26.3. The Bertz CT molecular complexity index is 1430. The van der Waals surface area contributed by atoms with Crippen LogP contribution in [0.5, 0.6) is 11.5 Å². The molecule has 37 heavy (non-hydrogen) atoms. The molecular weight excluding hydrogens is 497 g/mol. The molecule has 1 saturated heterocycles. The molecule has 3 aromatic rings. The molecule has 1 aliphatic rings. The number of fused-ring (bicyclic) bond motifs is 1. The highest BCUT2D eigenvalue weighted by molar-refractivity contribution is 6.35. The van der Waals surface area contributed by atoms with Crippen LogP contribution in [0.15, 0.2) is 36.3 Å². The number of hydrogen-bond donors (Lipinski definition) is 1. The number of carbonyl (C=O) groups excluding carboxylic acids is 1. The largest absolute Gasteiger partial charge is 0.497 e. The number of ether oxygens (including phenoxy) is 2. The molecule has 1 aromatic carbocycles. The number of benzene rings is 1. The smallest absolute Gasteiger partial charge is 0.282 e. The van der Waals surface area contributed by atoms with E-state index in [-0.39, 0.29) is 18.4 Å². The molecular formula is C27H29ClFN5O3. The van der Waals surface area contributed by atoms with E-state index in [4.69, 9.17) is 31.9 Å². The van der Waals surface area contributed by atoms with Crippen molar-refractivity contribution in [2.24, 2.45) is 5.41 Å². The van der Waals surface area contributed by atoms with Gasteiger partial charge in [0.2, 0.25) is 0 Å². The number of carbonyl (C=O) groups is 1. The highest BCUT2D eigenvalue weighted by atomic mass is 35.5. The minimum absolute atomic E-state index is 0.236. The van der Waals surface area contributed by atoms with Crippen LogP contribution < -0.4 is 15.2 Å². The SMILES string of the molecule is COc1cc(C#Cc2nn(C3CCN(C(=O)/C(F)=C/C(C)(C)C)C3)c3c(Cl)cnc(N)c23)cc(OC)c1. The van der Waals surface area contributed by atoms with Gasteiger partial charge in [-0.1, -0.05) is 38.3 Å². The number of nitrogens with two attached hydrogens (primary N) is 1. The third-order valence-corrected chi connectivity index (χ3v) is 6.22. The fraction of sp³-hybridized carbons (Fsp3) is 0.370. The first-order valence-corrected chi connectivity index (χ1v) is 12.1. The molecule has 0 aliphatic carbocycles. The maximum atomic E-state index is 14.6. The van der Waals surface area contributed by atoms with Gasteiger partial charge in [0, 0.05) is 24.7 Å². The summed E-state index contributed by atoms with van der Waals surface area (Å²) in [6.45, 7) is 6.19. The van der Waals surface area contributed by atoms with Crippen LogP contribution in [0.2, 0.25) is 5.02 Å². The second kappa shape index (κ2) is 10.3. The fourth-order valence-corrected chi connectivity index (χ4v) is 4.47. The summed E-state index contributed by atoms with van der Waals surface area (Å²) in [5.74, 6) is 6.21. The number of nitrogens with zero attached hydrogens (tertiary/aromatic N) is 4. The van der Waals surface area contributed by atoms with Crippen LogP contribution in [0.4, 0.5) is 10.2 Å². The Kier molecular flexibility index (Phi) is 7.32. The summed E-state index contributed by atoms with van der Waals surface area (Å²) in [5.41, 5.74) is 7.40. The van der Waals surface area contributed by atoms with E-state index in [9.17, 15) is 9.18 Å². The number of likely N-dealkylation sites (tertiary alicyclic amines) is 1. The lowest BCUT2D eigenvalue weighted by Crippen LogP contribution is -2.30. The van der Waals surface area contributed by atoms with Crippen molar-refractivity contribution < 1.29 is 18.7 Å². The van der Waals surface area contributed by atoms with Crippen molar-refractivity contribution in [2.45, 2.75) is 33.2 Å². The number of anilines is 1. The van der Waals surface area contributed by atoms with Gasteiger partial charge in [-0.05, 0) is 36.0 Å². The quantitative estimate of drug-likeness (QED) is 0.390. The van der Waals surface area contributed by atoms with E-state index in [1.807, 2.05) is 20.8 Å². The summed E-state index contributed by atoms with van der Waals surface area (Å²) in [5, 5.41) is 5.61. The first-order valence-electron chi connectivity index (χ1n) is 11.8. The number of halogens is 2. The zero-order valence-electron chi connectivity index (χ0n) is 21.4. The molecule has 0 bridgehead atoms. The Morgan fingerprint density at radius 2 is 1.89 bits per heavy atom.